The first-order valence-corrected chi connectivity index (χ1v) is 11.1. The molecule has 6 nitrogen and oxygen atoms in total. The highest BCUT2D eigenvalue weighted by molar-refractivity contribution is 7.91. The first-order valence-electron chi connectivity index (χ1n) is 9.24. The summed E-state index contributed by atoms with van der Waals surface area (Å²) in [4.78, 5) is 18.6. The van der Waals surface area contributed by atoms with E-state index in [1.54, 1.807) is 17.2 Å². The maximum absolute atomic E-state index is 12.7. The van der Waals surface area contributed by atoms with Crippen molar-refractivity contribution in [1.82, 2.24) is 9.88 Å². The molecular weight excluding hydrogens is 362 g/mol. The third-order valence-corrected chi connectivity index (χ3v) is 6.57. The third-order valence-electron chi connectivity index (χ3n) is 4.82. The van der Waals surface area contributed by atoms with Crippen LogP contribution in [-0.2, 0) is 16.3 Å². The van der Waals surface area contributed by atoms with E-state index in [4.69, 9.17) is 0 Å². The smallest absolute Gasteiger partial charge is 0.272 e. The zero-order chi connectivity index (χ0) is 19.3. The van der Waals surface area contributed by atoms with Crippen LogP contribution in [0.3, 0.4) is 0 Å². The SMILES string of the molecule is CCN(C(=O)c1ccc(NCCc2ccccc2)cn1)C1CCS(=O)(=O)C1. The number of sulfone groups is 1. The van der Waals surface area contributed by atoms with Gasteiger partial charge in [-0.3, -0.25) is 4.79 Å². The van der Waals surface area contributed by atoms with Gasteiger partial charge in [0.2, 0.25) is 0 Å². The molecule has 3 rings (SSSR count). The van der Waals surface area contributed by atoms with Gasteiger partial charge in [0.05, 0.1) is 23.4 Å². The zero-order valence-corrected chi connectivity index (χ0v) is 16.3. The Morgan fingerprint density at radius 3 is 2.59 bits per heavy atom. The van der Waals surface area contributed by atoms with E-state index in [0.29, 0.717) is 18.7 Å². The molecule has 1 aromatic heterocycles. The number of anilines is 1. The van der Waals surface area contributed by atoms with Gasteiger partial charge in [-0.2, -0.15) is 0 Å². The normalized spacial score (nSPS) is 18.2. The molecule has 0 radical (unpaired) electrons. The lowest BCUT2D eigenvalue weighted by Gasteiger charge is -2.26. The largest absolute Gasteiger partial charge is 0.383 e. The number of carbonyl (C=O) groups is 1. The fourth-order valence-electron chi connectivity index (χ4n) is 3.36. The monoisotopic (exact) mass is 387 g/mol. The Balaban J connectivity index is 1.58. The number of nitrogens with zero attached hydrogens (tertiary/aromatic N) is 2. The number of benzene rings is 1. The van der Waals surface area contributed by atoms with Crippen molar-refractivity contribution in [2.24, 2.45) is 0 Å². The lowest BCUT2D eigenvalue weighted by Crippen LogP contribution is -2.41. The Morgan fingerprint density at radius 2 is 2.00 bits per heavy atom. The highest BCUT2D eigenvalue weighted by atomic mass is 32.2. The van der Waals surface area contributed by atoms with E-state index in [0.717, 1.165) is 18.7 Å². The number of carbonyl (C=O) groups excluding carboxylic acids is 1. The van der Waals surface area contributed by atoms with Crippen molar-refractivity contribution in [2.75, 3.05) is 29.9 Å². The predicted octanol–water partition coefficient (Wildman–Crippen LogP) is 2.39. The van der Waals surface area contributed by atoms with Gasteiger partial charge in [-0.15, -0.1) is 0 Å². The Labute approximate surface area is 160 Å². The predicted molar refractivity (Wildman–Crippen MR) is 107 cm³/mol. The maximum atomic E-state index is 12.7. The average Bonchev–Trinajstić information content (AvgIpc) is 3.03. The molecule has 1 unspecified atom stereocenters. The third kappa shape index (κ3) is 5.07. The van der Waals surface area contributed by atoms with Crippen LogP contribution in [0.15, 0.2) is 48.7 Å². The first kappa shape index (κ1) is 19.4. The number of aromatic nitrogens is 1. The van der Waals surface area contributed by atoms with Crippen molar-refractivity contribution >= 4 is 21.4 Å². The molecule has 144 valence electrons. The van der Waals surface area contributed by atoms with Gasteiger partial charge in [0, 0.05) is 19.1 Å². The highest BCUT2D eigenvalue weighted by Crippen LogP contribution is 2.19. The zero-order valence-electron chi connectivity index (χ0n) is 15.5. The van der Waals surface area contributed by atoms with Gasteiger partial charge in [0.25, 0.3) is 5.91 Å². The van der Waals surface area contributed by atoms with Gasteiger partial charge in [-0.1, -0.05) is 30.3 Å². The number of amides is 1. The molecule has 2 heterocycles. The van der Waals surface area contributed by atoms with Gasteiger partial charge in [-0.05, 0) is 37.5 Å². The minimum atomic E-state index is -3.03. The molecule has 1 aliphatic rings. The van der Waals surface area contributed by atoms with Crippen molar-refractivity contribution in [1.29, 1.82) is 0 Å². The number of hydrogen-bond acceptors (Lipinski definition) is 5. The summed E-state index contributed by atoms with van der Waals surface area (Å²) < 4.78 is 23.4. The van der Waals surface area contributed by atoms with E-state index >= 15 is 0 Å². The fourth-order valence-corrected chi connectivity index (χ4v) is 5.09. The molecule has 1 amide bonds. The van der Waals surface area contributed by atoms with Crippen LogP contribution in [0.1, 0.15) is 29.4 Å². The molecule has 0 spiro atoms. The van der Waals surface area contributed by atoms with Gasteiger partial charge in [0.1, 0.15) is 5.69 Å². The van der Waals surface area contributed by atoms with Crippen LogP contribution in [0.4, 0.5) is 5.69 Å². The summed E-state index contributed by atoms with van der Waals surface area (Å²) in [6.07, 6.45) is 3.06. The summed E-state index contributed by atoms with van der Waals surface area (Å²) in [5, 5.41) is 3.30. The Hall–Kier alpha value is -2.41. The van der Waals surface area contributed by atoms with Crippen molar-refractivity contribution in [2.45, 2.75) is 25.8 Å². The minimum absolute atomic E-state index is 0.0473. The van der Waals surface area contributed by atoms with Gasteiger partial charge in [-0.25, -0.2) is 13.4 Å². The van der Waals surface area contributed by atoms with E-state index in [1.165, 1.54) is 5.56 Å². The number of pyridine rings is 1. The lowest BCUT2D eigenvalue weighted by atomic mass is 10.1. The van der Waals surface area contributed by atoms with Crippen LogP contribution in [0.5, 0.6) is 0 Å². The summed E-state index contributed by atoms with van der Waals surface area (Å²) in [7, 11) is -3.03. The van der Waals surface area contributed by atoms with Crippen molar-refractivity contribution in [3.63, 3.8) is 0 Å². The molecule has 27 heavy (non-hydrogen) atoms. The van der Waals surface area contributed by atoms with Crippen molar-refractivity contribution in [3.8, 4) is 0 Å². The van der Waals surface area contributed by atoms with Gasteiger partial charge in [0.15, 0.2) is 9.84 Å². The molecule has 0 aliphatic carbocycles. The minimum Gasteiger partial charge on any atom is -0.383 e. The quantitative estimate of drug-likeness (QED) is 0.789. The molecule has 0 bridgehead atoms. The molecule has 0 saturated carbocycles. The maximum Gasteiger partial charge on any atom is 0.272 e. The van der Waals surface area contributed by atoms with E-state index in [1.807, 2.05) is 31.2 Å². The number of hydrogen-bond donors (Lipinski definition) is 1. The van der Waals surface area contributed by atoms with E-state index in [2.05, 4.69) is 22.4 Å². The second kappa shape index (κ2) is 8.52. The summed E-state index contributed by atoms with van der Waals surface area (Å²) in [6.45, 7) is 3.11. The summed E-state index contributed by atoms with van der Waals surface area (Å²) in [5.74, 6) is -0.0133. The highest BCUT2D eigenvalue weighted by Gasteiger charge is 2.34. The van der Waals surface area contributed by atoms with Gasteiger partial charge < -0.3 is 10.2 Å². The molecule has 1 aliphatic heterocycles. The molecule has 1 aromatic carbocycles. The molecule has 2 aromatic rings. The standard InChI is InChI=1S/C20H25N3O3S/c1-2-23(18-11-13-27(25,26)15-18)20(24)19-9-8-17(14-22-19)21-12-10-16-6-4-3-5-7-16/h3-9,14,18,21H,2,10-13,15H2,1H3. The lowest BCUT2D eigenvalue weighted by molar-refractivity contribution is 0.0702. The van der Waals surface area contributed by atoms with Gasteiger partial charge >= 0.3 is 0 Å². The molecular formula is C20H25N3O3S. The molecule has 1 fully saturated rings. The second-order valence-corrected chi connectivity index (χ2v) is 8.97. The van der Waals surface area contributed by atoms with Crippen molar-refractivity contribution in [3.05, 3.63) is 59.9 Å². The summed E-state index contributed by atoms with van der Waals surface area (Å²) >= 11 is 0. The number of nitrogens with one attached hydrogen (secondary N) is 1. The summed E-state index contributed by atoms with van der Waals surface area (Å²) in [6, 6.07) is 13.5. The van der Waals surface area contributed by atoms with Crippen LogP contribution in [-0.4, -0.2) is 54.8 Å². The fraction of sp³-hybridized carbons (Fsp3) is 0.400. The van der Waals surface area contributed by atoms with Crippen LogP contribution in [0, 0.1) is 0 Å². The van der Waals surface area contributed by atoms with E-state index in [9.17, 15) is 13.2 Å². The topological polar surface area (TPSA) is 79.4 Å². The Kier molecular flexibility index (Phi) is 6.11. The molecule has 1 saturated heterocycles. The van der Waals surface area contributed by atoms with E-state index in [-0.39, 0.29) is 23.5 Å². The van der Waals surface area contributed by atoms with Crippen LogP contribution >= 0.6 is 0 Å². The molecule has 1 atom stereocenters. The Bertz CT molecular complexity index is 867. The van der Waals surface area contributed by atoms with Crippen LogP contribution in [0.2, 0.25) is 0 Å². The van der Waals surface area contributed by atoms with Crippen molar-refractivity contribution < 1.29 is 13.2 Å². The van der Waals surface area contributed by atoms with E-state index < -0.39 is 9.84 Å². The summed E-state index contributed by atoms with van der Waals surface area (Å²) in [5.41, 5.74) is 2.46. The van der Waals surface area contributed by atoms with Crippen LogP contribution < -0.4 is 5.32 Å². The molecule has 1 N–H and O–H groups in total. The number of rotatable bonds is 7. The van der Waals surface area contributed by atoms with Crippen LogP contribution in [0.25, 0.3) is 0 Å². The first-order chi connectivity index (χ1) is 13.0. The second-order valence-electron chi connectivity index (χ2n) is 6.74. The Morgan fingerprint density at radius 1 is 1.22 bits per heavy atom. The molecule has 7 heteroatoms. The average molecular weight is 388 g/mol.